The summed E-state index contributed by atoms with van der Waals surface area (Å²) in [6.45, 7) is 3.67. The number of nitrogens with one attached hydrogen (secondary N) is 1. The lowest BCUT2D eigenvalue weighted by Crippen LogP contribution is -2.48. The fourth-order valence-electron chi connectivity index (χ4n) is 2.78. The predicted octanol–water partition coefficient (Wildman–Crippen LogP) is 1.94. The summed E-state index contributed by atoms with van der Waals surface area (Å²) in [5.74, 6) is 0.489. The Labute approximate surface area is 151 Å². The number of piperazine rings is 1. The summed E-state index contributed by atoms with van der Waals surface area (Å²) in [4.78, 5) is 42.4. The van der Waals surface area contributed by atoms with Gasteiger partial charge in [0.2, 0.25) is 6.41 Å². The third-order valence-corrected chi connectivity index (χ3v) is 4.32. The summed E-state index contributed by atoms with van der Waals surface area (Å²) in [5.41, 5.74) is 1.97. The first-order valence-corrected chi connectivity index (χ1v) is 8.39. The van der Waals surface area contributed by atoms with E-state index in [9.17, 15) is 14.4 Å². The van der Waals surface area contributed by atoms with Crippen molar-refractivity contribution < 1.29 is 14.4 Å². The molecule has 1 N–H and O–H groups in total. The molecule has 7 nitrogen and oxygen atoms in total. The normalized spacial score (nSPS) is 14.0. The van der Waals surface area contributed by atoms with E-state index in [1.807, 2.05) is 0 Å². The summed E-state index contributed by atoms with van der Waals surface area (Å²) < 4.78 is 0. The molecule has 0 bridgehead atoms. The van der Waals surface area contributed by atoms with Crippen LogP contribution in [0, 0.1) is 0 Å². The lowest BCUT2D eigenvalue weighted by Gasteiger charge is -2.32. The molecule has 1 aromatic carbocycles. The second kappa shape index (κ2) is 7.77. The number of ketones is 1. The number of benzene rings is 1. The molecule has 3 rings (SSSR count). The summed E-state index contributed by atoms with van der Waals surface area (Å²) in [5, 5.41) is 3.14. The Morgan fingerprint density at radius 2 is 1.73 bits per heavy atom. The maximum Gasteiger partial charge on any atom is 0.254 e. The van der Waals surface area contributed by atoms with Gasteiger partial charge < -0.3 is 15.1 Å². The maximum atomic E-state index is 12.6. The zero-order chi connectivity index (χ0) is 18.5. The zero-order valence-corrected chi connectivity index (χ0v) is 14.5. The SMILES string of the molecule is CC(=O)c1ccc(Nc2cc(C(=O)N3CCN(C=O)CC3)ccn2)cc1. The van der Waals surface area contributed by atoms with Crippen LogP contribution in [-0.4, -0.2) is 59.1 Å². The van der Waals surface area contributed by atoms with Gasteiger partial charge in [0.25, 0.3) is 5.91 Å². The Kier molecular flexibility index (Phi) is 5.26. The Morgan fingerprint density at radius 3 is 2.35 bits per heavy atom. The molecule has 0 saturated carbocycles. The fraction of sp³-hybridized carbons (Fsp3) is 0.263. The molecule has 2 heterocycles. The molecule has 26 heavy (non-hydrogen) atoms. The van der Waals surface area contributed by atoms with E-state index < -0.39 is 0 Å². The van der Waals surface area contributed by atoms with Gasteiger partial charge in [0.15, 0.2) is 5.78 Å². The van der Waals surface area contributed by atoms with E-state index in [1.54, 1.807) is 52.4 Å². The number of rotatable bonds is 5. The van der Waals surface area contributed by atoms with Crippen LogP contribution in [0.4, 0.5) is 11.5 Å². The average molecular weight is 352 g/mol. The van der Waals surface area contributed by atoms with Crippen LogP contribution in [0.3, 0.4) is 0 Å². The van der Waals surface area contributed by atoms with Crippen LogP contribution >= 0.6 is 0 Å². The lowest BCUT2D eigenvalue weighted by atomic mass is 10.1. The summed E-state index contributed by atoms with van der Waals surface area (Å²) in [6, 6.07) is 10.5. The lowest BCUT2D eigenvalue weighted by molar-refractivity contribution is -0.119. The predicted molar refractivity (Wildman–Crippen MR) is 97.5 cm³/mol. The fourth-order valence-corrected chi connectivity index (χ4v) is 2.78. The molecule has 1 aliphatic heterocycles. The highest BCUT2D eigenvalue weighted by molar-refractivity contribution is 5.95. The van der Waals surface area contributed by atoms with Crippen LogP contribution in [0.25, 0.3) is 0 Å². The monoisotopic (exact) mass is 352 g/mol. The van der Waals surface area contributed by atoms with Crippen molar-refractivity contribution in [3.63, 3.8) is 0 Å². The number of aromatic nitrogens is 1. The molecule has 0 atom stereocenters. The third kappa shape index (κ3) is 4.05. The molecule has 1 saturated heterocycles. The third-order valence-electron chi connectivity index (χ3n) is 4.32. The van der Waals surface area contributed by atoms with Crippen molar-refractivity contribution >= 4 is 29.6 Å². The molecular weight excluding hydrogens is 332 g/mol. The molecule has 1 aliphatic rings. The Balaban J connectivity index is 1.68. The van der Waals surface area contributed by atoms with Gasteiger partial charge >= 0.3 is 0 Å². The number of carbonyl (C=O) groups is 3. The van der Waals surface area contributed by atoms with Gasteiger partial charge in [-0.1, -0.05) is 0 Å². The van der Waals surface area contributed by atoms with Crippen molar-refractivity contribution in [1.82, 2.24) is 14.8 Å². The molecular formula is C19H20N4O3. The van der Waals surface area contributed by atoms with Crippen LogP contribution in [0.5, 0.6) is 0 Å². The van der Waals surface area contributed by atoms with Crippen LogP contribution in [0.2, 0.25) is 0 Å². The highest BCUT2D eigenvalue weighted by Crippen LogP contribution is 2.17. The van der Waals surface area contributed by atoms with E-state index in [2.05, 4.69) is 10.3 Å². The topological polar surface area (TPSA) is 82.6 Å². The quantitative estimate of drug-likeness (QED) is 0.657. The molecule has 2 amide bonds. The van der Waals surface area contributed by atoms with Gasteiger partial charge in [-0.3, -0.25) is 14.4 Å². The number of anilines is 2. The number of carbonyl (C=O) groups excluding carboxylic acids is 3. The van der Waals surface area contributed by atoms with Crippen molar-refractivity contribution in [2.45, 2.75) is 6.92 Å². The zero-order valence-electron chi connectivity index (χ0n) is 14.5. The molecule has 1 aromatic heterocycles. The summed E-state index contributed by atoms with van der Waals surface area (Å²) >= 11 is 0. The molecule has 0 radical (unpaired) electrons. The number of hydrogen-bond donors (Lipinski definition) is 1. The number of pyridine rings is 1. The first kappa shape index (κ1) is 17.6. The number of Topliss-reactive ketones (excluding diaryl/α,β-unsaturated/α-hetero) is 1. The van der Waals surface area contributed by atoms with Gasteiger partial charge in [0.1, 0.15) is 5.82 Å². The molecule has 2 aromatic rings. The Morgan fingerprint density at radius 1 is 1.04 bits per heavy atom. The Hall–Kier alpha value is -3.22. The van der Waals surface area contributed by atoms with E-state index in [1.165, 1.54) is 6.92 Å². The Bertz CT molecular complexity index is 812. The number of amides is 2. The van der Waals surface area contributed by atoms with E-state index in [-0.39, 0.29) is 11.7 Å². The van der Waals surface area contributed by atoms with Crippen molar-refractivity contribution in [1.29, 1.82) is 0 Å². The van der Waals surface area contributed by atoms with E-state index in [0.29, 0.717) is 43.1 Å². The van der Waals surface area contributed by atoms with Gasteiger partial charge in [0.05, 0.1) is 0 Å². The highest BCUT2D eigenvalue weighted by atomic mass is 16.2. The summed E-state index contributed by atoms with van der Waals surface area (Å²) in [7, 11) is 0. The van der Waals surface area contributed by atoms with Crippen LogP contribution in [0.1, 0.15) is 27.6 Å². The number of nitrogens with zero attached hydrogens (tertiary/aromatic N) is 3. The van der Waals surface area contributed by atoms with Crippen LogP contribution in [-0.2, 0) is 4.79 Å². The molecule has 1 fully saturated rings. The largest absolute Gasteiger partial charge is 0.342 e. The highest BCUT2D eigenvalue weighted by Gasteiger charge is 2.21. The van der Waals surface area contributed by atoms with Crippen molar-refractivity contribution in [3.05, 3.63) is 53.7 Å². The van der Waals surface area contributed by atoms with E-state index in [4.69, 9.17) is 0 Å². The van der Waals surface area contributed by atoms with Crippen LogP contribution in [0.15, 0.2) is 42.6 Å². The van der Waals surface area contributed by atoms with Crippen molar-refractivity contribution in [2.24, 2.45) is 0 Å². The minimum absolute atomic E-state index is 0.0111. The maximum absolute atomic E-state index is 12.6. The van der Waals surface area contributed by atoms with Gasteiger partial charge in [-0.05, 0) is 43.3 Å². The second-order valence-electron chi connectivity index (χ2n) is 6.12. The average Bonchev–Trinajstić information content (AvgIpc) is 2.68. The molecule has 7 heteroatoms. The van der Waals surface area contributed by atoms with Gasteiger partial charge in [-0.2, -0.15) is 0 Å². The van der Waals surface area contributed by atoms with Crippen molar-refractivity contribution in [3.8, 4) is 0 Å². The van der Waals surface area contributed by atoms with Gasteiger partial charge in [-0.15, -0.1) is 0 Å². The van der Waals surface area contributed by atoms with E-state index in [0.717, 1.165) is 12.1 Å². The van der Waals surface area contributed by atoms with Crippen LogP contribution < -0.4 is 5.32 Å². The summed E-state index contributed by atoms with van der Waals surface area (Å²) in [6.07, 6.45) is 2.40. The minimum atomic E-state index is -0.0760. The molecule has 0 aliphatic carbocycles. The second-order valence-corrected chi connectivity index (χ2v) is 6.12. The van der Waals surface area contributed by atoms with Gasteiger partial charge in [0, 0.05) is 49.2 Å². The molecule has 0 spiro atoms. The molecule has 0 unspecified atom stereocenters. The first-order chi connectivity index (χ1) is 12.6. The van der Waals surface area contributed by atoms with Crippen molar-refractivity contribution in [2.75, 3.05) is 31.5 Å². The minimum Gasteiger partial charge on any atom is -0.342 e. The number of hydrogen-bond acceptors (Lipinski definition) is 5. The van der Waals surface area contributed by atoms with E-state index >= 15 is 0 Å². The smallest absolute Gasteiger partial charge is 0.254 e. The molecule has 134 valence electrons. The first-order valence-electron chi connectivity index (χ1n) is 8.39. The van der Waals surface area contributed by atoms with Gasteiger partial charge in [-0.25, -0.2) is 4.98 Å². The standard InChI is InChI=1S/C19H20N4O3/c1-14(25)15-2-4-17(5-3-15)21-18-12-16(6-7-20-18)19(26)23-10-8-22(13-24)9-11-23/h2-7,12-13H,8-11H2,1H3,(H,20,21).